The minimum Gasteiger partial charge on any atom is -0.338 e. The first-order chi connectivity index (χ1) is 16.5. The van der Waals surface area contributed by atoms with Crippen LogP contribution >= 0.6 is 11.3 Å². The Balaban J connectivity index is 1.26. The monoisotopic (exact) mass is 481 g/mol. The Morgan fingerprint density at radius 2 is 1.68 bits per heavy atom. The molecule has 1 saturated heterocycles. The number of carbonyl (C=O) groups excluding carboxylic acids is 2. The van der Waals surface area contributed by atoms with Crippen molar-refractivity contribution in [3.8, 4) is 0 Å². The molecule has 176 valence electrons. The van der Waals surface area contributed by atoms with Gasteiger partial charge in [-0.3, -0.25) is 14.5 Å². The molecule has 1 unspecified atom stereocenters. The van der Waals surface area contributed by atoms with Crippen LogP contribution < -0.4 is 0 Å². The number of amides is 2. The van der Waals surface area contributed by atoms with Gasteiger partial charge < -0.3 is 9.80 Å². The maximum atomic E-state index is 14.0. The van der Waals surface area contributed by atoms with Crippen molar-refractivity contribution in [2.75, 3.05) is 39.3 Å². The summed E-state index contributed by atoms with van der Waals surface area (Å²) in [7, 11) is 0. The van der Waals surface area contributed by atoms with Gasteiger partial charge in [0.2, 0.25) is 5.91 Å². The minimum absolute atomic E-state index is 0.0157. The summed E-state index contributed by atoms with van der Waals surface area (Å²) in [5.41, 5.74) is 2.03. The zero-order valence-corrected chi connectivity index (χ0v) is 19.4. The van der Waals surface area contributed by atoms with Crippen LogP contribution in [0.4, 0.5) is 8.78 Å². The van der Waals surface area contributed by atoms with Gasteiger partial charge in [-0.1, -0.05) is 24.3 Å². The van der Waals surface area contributed by atoms with Crippen molar-refractivity contribution in [1.29, 1.82) is 0 Å². The Kier molecular flexibility index (Phi) is 6.43. The molecule has 3 heterocycles. The predicted molar refractivity (Wildman–Crippen MR) is 127 cm³/mol. The molecule has 0 saturated carbocycles. The number of carbonyl (C=O) groups is 2. The summed E-state index contributed by atoms with van der Waals surface area (Å²) in [5.74, 6) is -1.19. The van der Waals surface area contributed by atoms with Gasteiger partial charge in [0.1, 0.15) is 11.6 Å². The van der Waals surface area contributed by atoms with Crippen LogP contribution in [0.3, 0.4) is 0 Å². The van der Waals surface area contributed by atoms with Gasteiger partial charge in [0, 0.05) is 37.6 Å². The fourth-order valence-electron chi connectivity index (χ4n) is 4.84. The van der Waals surface area contributed by atoms with Crippen molar-refractivity contribution in [1.82, 2.24) is 14.7 Å². The highest BCUT2D eigenvalue weighted by atomic mass is 32.1. The van der Waals surface area contributed by atoms with Crippen LogP contribution in [0.15, 0.2) is 60.0 Å². The average molecular weight is 482 g/mol. The number of hydrogen-bond donors (Lipinski definition) is 0. The van der Waals surface area contributed by atoms with E-state index in [1.165, 1.54) is 23.1 Å². The lowest BCUT2D eigenvalue weighted by Gasteiger charge is -2.39. The first-order valence-corrected chi connectivity index (χ1v) is 12.3. The summed E-state index contributed by atoms with van der Waals surface area (Å²) in [4.78, 5) is 32.6. The van der Waals surface area contributed by atoms with Crippen LogP contribution in [0.2, 0.25) is 0 Å². The first-order valence-electron chi connectivity index (χ1n) is 11.4. The van der Waals surface area contributed by atoms with Gasteiger partial charge in [0.05, 0.1) is 18.2 Å². The third-order valence-electron chi connectivity index (χ3n) is 6.59. The van der Waals surface area contributed by atoms with E-state index in [0.29, 0.717) is 32.7 Å². The molecule has 8 heteroatoms. The van der Waals surface area contributed by atoms with Crippen LogP contribution in [-0.4, -0.2) is 65.8 Å². The quantitative estimate of drug-likeness (QED) is 0.567. The van der Waals surface area contributed by atoms with E-state index >= 15 is 0 Å². The number of hydrogen-bond acceptors (Lipinski definition) is 4. The molecule has 2 aliphatic rings. The molecule has 5 rings (SSSR count). The molecule has 0 radical (unpaired) electrons. The molecular weight excluding hydrogens is 456 g/mol. The number of benzene rings is 2. The van der Waals surface area contributed by atoms with Gasteiger partial charge in [-0.15, -0.1) is 11.3 Å². The Morgan fingerprint density at radius 1 is 0.912 bits per heavy atom. The summed E-state index contributed by atoms with van der Waals surface area (Å²) in [6, 6.07) is 14.4. The summed E-state index contributed by atoms with van der Waals surface area (Å²) in [6.45, 7) is 2.47. The second-order valence-corrected chi connectivity index (χ2v) is 9.63. The van der Waals surface area contributed by atoms with Gasteiger partial charge in [0.15, 0.2) is 0 Å². The number of fused-ring (bicyclic) bond motifs is 1. The van der Waals surface area contributed by atoms with Crippen molar-refractivity contribution in [2.45, 2.75) is 12.5 Å². The normalized spacial score (nSPS) is 18.6. The minimum atomic E-state index is -0.535. The summed E-state index contributed by atoms with van der Waals surface area (Å²) < 4.78 is 28.0. The fourth-order valence-corrected chi connectivity index (χ4v) is 5.75. The molecule has 0 N–H and O–H groups in total. The molecule has 1 aromatic heterocycles. The summed E-state index contributed by atoms with van der Waals surface area (Å²) in [5, 5.41) is 2.05. The fraction of sp³-hybridized carbons (Fsp3) is 0.308. The Hall–Kier alpha value is -3.10. The van der Waals surface area contributed by atoms with Crippen LogP contribution in [0.25, 0.3) is 0 Å². The molecule has 2 amide bonds. The molecule has 1 fully saturated rings. The van der Waals surface area contributed by atoms with Crippen molar-refractivity contribution >= 4 is 23.2 Å². The van der Waals surface area contributed by atoms with E-state index in [1.54, 1.807) is 45.4 Å². The van der Waals surface area contributed by atoms with Crippen LogP contribution in [0, 0.1) is 11.6 Å². The van der Waals surface area contributed by atoms with Crippen molar-refractivity contribution in [3.63, 3.8) is 0 Å². The van der Waals surface area contributed by atoms with E-state index in [9.17, 15) is 18.4 Å². The van der Waals surface area contributed by atoms with Crippen molar-refractivity contribution < 1.29 is 18.4 Å². The van der Waals surface area contributed by atoms with E-state index in [4.69, 9.17) is 0 Å². The Labute approximate surface area is 201 Å². The number of rotatable bonds is 4. The first kappa shape index (κ1) is 22.7. The van der Waals surface area contributed by atoms with Crippen LogP contribution in [-0.2, 0) is 11.2 Å². The molecule has 5 nitrogen and oxygen atoms in total. The summed E-state index contributed by atoms with van der Waals surface area (Å²) >= 11 is 1.70. The van der Waals surface area contributed by atoms with Gasteiger partial charge in [-0.25, -0.2) is 8.78 Å². The second kappa shape index (κ2) is 9.64. The molecule has 2 aliphatic heterocycles. The zero-order chi connectivity index (χ0) is 23.7. The second-order valence-electron chi connectivity index (χ2n) is 8.63. The van der Waals surface area contributed by atoms with Gasteiger partial charge in [-0.05, 0) is 53.3 Å². The standard InChI is InChI=1S/C26H25F2N3O2S/c27-19-5-3-4-18(16-19)25-21-9-15-34-23(21)8-10-31(25)17-24(32)29-11-13-30(14-12-29)26(33)20-6-1-2-7-22(20)28/h1-7,9,15-16,25H,8,10-14,17H2. The summed E-state index contributed by atoms with van der Waals surface area (Å²) in [6.07, 6.45) is 0.858. The lowest BCUT2D eigenvalue weighted by Crippen LogP contribution is -2.53. The number of nitrogens with zero attached hydrogens (tertiary/aromatic N) is 3. The molecular formula is C26H25F2N3O2S. The van der Waals surface area contributed by atoms with Gasteiger partial charge >= 0.3 is 0 Å². The SMILES string of the molecule is O=C(CN1CCc2sccc2C1c1cccc(F)c1)N1CCN(C(=O)c2ccccc2F)CC1. The van der Waals surface area contributed by atoms with Crippen molar-refractivity contribution in [3.05, 3.63) is 93.2 Å². The highest BCUT2D eigenvalue weighted by Crippen LogP contribution is 2.37. The maximum absolute atomic E-state index is 14.0. The van der Waals surface area contributed by atoms with E-state index in [-0.39, 0.29) is 35.8 Å². The van der Waals surface area contributed by atoms with E-state index in [1.807, 2.05) is 11.4 Å². The van der Waals surface area contributed by atoms with Crippen molar-refractivity contribution in [2.24, 2.45) is 0 Å². The number of thiophene rings is 1. The lowest BCUT2D eigenvalue weighted by atomic mass is 9.93. The number of halogens is 2. The van der Waals surface area contributed by atoms with E-state index in [0.717, 1.165) is 17.5 Å². The lowest BCUT2D eigenvalue weighted by molar-refractivity contribution is -0.134. The smallest absolute Gasteiger partial charge is 0.256 e. The number of piperazine rings is 1. The topological polar surface area (TPSA) is 43.9 Å². The molecule has 0 aliphatic carbocycles. The van der Waals surface area contributed by atoms with Crippen LogP contribution in [0.5, 0.6) is 0 Å². The predicted octanol–water partition coefficient (Wildman–Crippen LogP) is 3.96. The molecule has 34 heavy (non-hydrogen) atoms. The third kappa shape index (κ3) is 4.48. The molecule has 3 aromatic rings. The van der Waals surface area contributed by atoms with E-state index in [2.05, 4.69) is 11.0 Å². The van der Waals surface area contributed by atoms with Crippen LogP contribution in [0.1, 0.15) is 32.4 Å². The Bertz CT molecular complexity index is 1210. The molecule has 2 aromatic carbocycles. The molecule has 0 bridgehead atoms. The zero-order valence-electron chi connectivity index (χ0n) is 18.6. The third-order valence-corrected chi connectivity index (χ3v) is 7.59. The van der Waals surface area contributed by atoms with Gasteiger partial charge in [0.25, 0.3) is 5.91 Å². The maximum Gasteiger partial charge on any atom is 0.256 e. The highest BCUT2D eigenvalue weighted by molar-refractivity contribution is 7.10. The van der Waals surface area contributed by atoms with Gasteiger partial charge in [-0.2, -0.15) is 0 Å². The average Bonchev–Trinajstić information content (AvgIpc) is 3.33. The largest absolute Gasteiger partial charge is 0.338 e. The van der Waals surface area contributed by atoms with E-state index < -0.39 is 5.82 Å². The Morgan fingerprint density at radius 3 is 2.44 bits per heavy atom. The molecule has 0 spiro atoms. The highest BCUT2D eigenvalue weighted by Gasteiger charge is 2.33. The molecule has 1 atom stereocenters.